The number of benzene rings is 2. The maximum absolute atomic E-state index is 12.0. The van der Waals surface area contributed by atoms with Gasteiger partial charge in [-0.3, -0.25) is 4.79 Å². The van der Waals surface area contributed by atoms with Gasteiger partial charge in [-0.2, -0.15) is 0 Å². The molecule has 0 aliphatic rings. The molecule has 0 heterocycles. The van der Waals surface area contributed by atoms with Crippen LogP contribution in [0.5, 0.6) is 5.75 Å². The molecule has 0 spiro atoms. The highest BCUT2D eigenvalue weighted by Crippen LogP contribution is 2.30. The fourth-order valence-corrected chi connectivity index (χ4v) is 2.51. The summed E-state index contributed by atoms with van der Waals surface area (Å²) in [5.74, 6) is 0.680. The standard InChI is InChI=1S/C21H28N2O2/c1-21(2,3)18-12-7-8-13-19(18)25-16-20(24)23-15-9-14-22-17-10-5-4-6-11-17/h4-8,10-13,22H,9,14-16H2,1-3H3,(H,23,24). The van der Waals surface area contributed by atoms with Gasteiger partial charge in [0.1, 0.15) is 5.75 Å². The number of anilines is 1. The summed E-state index contributed by atoms with van der Waals surface area (Å²) in [6.45, 7) is 7.89. The lowest BCUT2D eigenvalue weighted by Crippen LogP contribution is -2.31. The maximum Gasteiger partial charge on any atom is 0.257 e. The summed E-state index contributed by atoms with van der Waals surface area (Å²) in [5.41, 5.74) is 2.18. The van der Waals surface area contributed by atoms with Crippen molar-refractivity contribution in [1.82, 2.24) is 5.32 Å². The van der Waals surface area contributed by atoms with Crippen LogP contribution in [0.1, 0.15) is 32.8 Å². The van der Waals surface area contributed by atoms with Gasteiger partial charge in [0.05, 0.1) is 0 Å². The third kappa shape index (κ3) is 6.49. The summed E-state index contributed by atoms with van der Waals surface area (Å²) in [6.07, 6.45) is 0.860. The fourth-order valence-electron chi connectivity index (χ4n) is 2.51. The Labute approximate surface area is 150 Å². The van der Waals surface area contributed by atoms with Crippen molar-refractivity contribution >= 4 is 11.6 Å². The lowest BCUT2D eigenvalue weighted by atomic mass is 9.86. The first-order valence-corrected chi connectivity index (χ1v) is 8.75. The Morgan fingerprint density at radius 3 is 2.36 bits per heavy atom. The highest BCUT2D eigenvalue weighted by molar-refractivity contribution is 5.77. The van der Waals surface area contributed by atoms with E-state index < -0.39 is 0 Å². The van der Waals surface area contributed by atoms with Crippen LogP contribution in [0.15, 0.2) is 54.6 Å². The number of carbonyl (C=O) groups is 1. The summed E-state index contributed by atoms with van der Waals surface area (Å²) in [4.78, 5) is 12.0. The van der Waals surface area contributed by atoms with Crippen LogP contribution in [0.3, 0.4) is 0 Å². The van der Waals surface area contributed by atoms with E-state index >= 15 is 0 Å². The van der Waals surface area contributed by atoms with Crippen LogP contribution in [0.2, 0.25) is 0 Å². The Balaban J connectivity index is 1.68. The third-order valence-corrected chi connectivity index (χ3v) is 3.83. The minimum Gasteiger partial charge on any atom is -0.483 e. The number of amides is 1. The predicted octanol–water partition coefficient (Wildman–Crippen LogP) is 3.98. The van der Waals surface area contributed by atoms with E-state index in [0.29, 0.717) is 6.54 Å². The molecular formula is C21H28N2O2. The number of carbonyl (C=O) groups excluding carboxylic acids is 1. The zero-order valence-electron chi connectivity index (χ0n) is 15.3. The van der Waals surface area contributed by atoms with E-state index in [-0.39, 0.29) is 17.9 Å². The van der Waals surface area contributed by atoms with Gasteiger partial charge < -0.3 is 15.4 Å². The summed E-state index contributed by atoms with van der Waals surface area (Å²) >= 11 is 0. The molecule has 0 bridgehead atoms. The fraction of sp³-hybridized carbons (Fsp3) is 0.381. The highest BCUT2D eigenvalue weighted by atomic mass is 16.5. The van der Waals surface area contributed by atoms with Gasteiger partial charge >= 0.3 is 0 Å². The first-order chi connectivity index (χ1) is 12.0. The number of para-hydroxylation sites is 2. The quantitative estimate of drug-likeness (QED) is 0.715. The van der Waals surface area contributed by atoms with Gasteiger partial charge in [0.2, 0.25) is 0 Å². The van der Waals surface area contributed by atoms with Gasteiger partial charge in [0.15, 0.2) is 6.61 Å². The number of rotatable bonds is 8. The molecule has 0 radical (unpaired) electrons. The molecule has 0 fully saturated rings. The smallest absolute Gasteiger partial charge is 0.257 e. The van der Waals surface area contributed by atoms with Crippen molar-refractivity contribution in [1.29, 1.82) is 0 Å². The van der Waals surface area contributed by atoms with Gasteiger partial charge in [-0.25, -0.2) is 0 Å². The van der Waals surface area contributed by atoms with Gasteiger partial charge in [0, 0.05) is 18.8 Å². The Morgan fingerprint density at radius 2 is 1.64 bits per heavy atom. The second-order valence-electron chi connectivity index (χ2n) is 7.03. The van der Waals surface area contributed by atoms with Crippen molar-refractivity contribution < 1.29 is 9.53 Å². The first kappa shape index (κ1) is 18.8. The van der Waals surface area contributed by atoms with Crippen LogP contribution in [0, 0.1) is 0 Å². The number of ether oxygens (including phenoxy) is 1. The Kier molecular flexibility index (Phi) is 6.87. The van der Waals surface area contributed by atoms with Crippen molar-refractivity contribution in [3.05, 3.63) is 60.2 Å². The minimum atomic E-state index is -0.0941. The lowest BCUT2D eigenvalue weighted by molar-refractivity contribution is -0.123. The largest absolute Gasteiger partial charge is 0.483 e. The summed E-state index contributed by atoms with van der Waals surface area (Å²) in [6, 6.07) is 17.9. The van der Waals surface area contributed by atoms with Crippen molar-refractivity contribution in [3.63, 3.8) is 0 Å². The van der Waals surface area contributed by atoms with Crippen molar-refractivity contribution in [2.24, 2.45) is 0 Å². The molecule has 2 N–H and O–H groups in total. The molecule has 1 amide bonds. The molecule has 2 aromatic carbocycles. The topological polar surface area (TPSA) is 50.4 Å². The molecule has 4 nitrogen and oxygen atoms in total. The SMILES string of the molecule is CC(C)(C)c1ccccc1OCC(=O)NCCCNc1ccccc1. The van der Waals surface area contributed by atoms with E-state index in [2.05, 4.69) is 31.4 Å². The molecule has 0 atom stereocenters. The number of hydrogen-bond donors (Lipinski definition) is 2. The van der Waals surface area contributed by atoms with Crippen LogP contribution < -0.4 is 15.4 Å². The molecule has 2 rings (SSSR count). The monoisotopic (exact) mass is 340 g/mol. The minimum absolute atomic E-state index is 0.0177. The third-order valence-electron chi connectivity index (χ3n) is 3.83. The summed E-state index contributed by atoms with van der Waals surface area (Å²) in [5, 5.41) is 6.21. The van der Waals surface area contributed by atoms with E-state index in [1.165, 1.54) is 0 Å². The second kappa shape index (κ2) is 9.11. The molecule has 0 unspecified atom stereocenters. The molecule has 0 aliphatic heterocycles. The van der Waals surface area contributed by atoms with Gasteiger partial charge in [-0.05, 0) is 35.6 Å². The Morgan fingerprint density at radius 1 is 0.960 bits per heavy atom. The molecule has 0 saturated heterocycles. The van der Waals surface area contributed by atoms with E-state index in [4.69, 9.17) is 4.74 Å². The summed E-state index contributed by atoms with van der Waals surface area (Å²) in [7, 11) is 0. The first-order valence-electron chi connectivity index (χ1n) is 8.75. The zero-order valence-corrected chi connectivity index (χ0v) is 15.3. The molecule has 4 heteroatoms. The van der Waals surface area contributed by atoms with Crippen LogP contribution in [-0.4, -0.2) is 25.6 Å². The number of nitrogens with one attached hydrogen (secondary N) is 2. The van der Waals surface area contributed by atoms with Crippen LogP contribution in [0.25, 0.3) is 0 Å². The van der Waals surface area contributed by atoms with Gasteiger partial charge in [-0.1, -0.05) is 57.2 Å². The number of hydrogen-bond acceptors (Lipinski definition) is 3. The average Bonchev–Trinajstić information content (AvgIpc) is 2.60. The van der Waals surface area contributed by atoms with Crippen molar-refractivity contribution in [2.45, 2.75) is 32.6 Å². The zero-order chi connectivity index (χ0) is 18.1. The van der Waals surface area contributed by atoms with Crippen LogP contribution >= 0.6 is 0 Å². The molecule has 0 saturated carbocycles. The van der Waals surface area contributed by atoms with E-state index in [1.807, 2.05) is 54.6 Å². The maximum atomic E-state index is 12.0. The van der Waals surface area contributed by atoms with Crippen molar-refractivity contribution in [2.75, 3.05) is 25.0 Å². The van der Waals surface area contributed by atoms with Gasteiger partial charge in [-0.15, -0.1) is 0 Å². The molecular weight excluding hydrogens is 312 g/mol. The van der Waals surface area contributed by atoms with E-state index in [9.17, 15) is 4.79 Å². The predicted molar refractivity (Wildman–Crippen MR) is 103 cm³/mol. The molecule has 2 aromatic rings. The average molecular weight is 340 g/mol. The Hall–Kier alpha value is -2.49. The molecule has 0 aliphatic carbocycles. The highest BCUT2D eigenvalue weighted by Gasteiger charge is 2.18. The van der Waals surface area contributed by atoms with Crippen LogP contribution in [0.4, 0.5) is 5.69 Å². The molecule has 25 heavy (non-hydrogen) atoms. The second-order valence-corrected chi connectivity index (χ2v) is 7.03. The van der Waals surface area contributed by atoms with Crippen molar-refractivity contribution in [3.8, 4) is 5.75 Å². The Bertz CT molecular complexity index is 663. The summed E-state index contributed by atoms with van der Waals surface area (Å²) < 4.78 is 5.72. The lowest BCUT2D eigenvalue weighted by Gasteiger charge is -2.22. The van der Waals surface area contributed by atoms with E-state index in [0.717, 1.165) is 30.0 Å². The molecule has 134 valence electrons. The van der Waals surface area contributed by atoms with E-state index in [1.54, 1.807) is 0 Å². The molecule has 0 aromatic heterocycles. The van der Waals surface area contributed by atoms with Gasteiger partial charge in [0.25, 0.3) is 5.91 Å². The van der Waals surface area contributed by atoms with Crippen LogP contribution in [-0.2, 0) is 10.2 Å². The normalized spacial score (nSPS) is 11.0.